The Kier molecular flexibility index (Phi) is 2.86. The Morgan fingerprint density at radius 2 is 1.94 bits per heavy atom. The van der Waals surface area contributed by atoms with E-state index in [-0.39, 0.29) is 11.3 Å². The number of nitrogens with one attached hydrogen (secondary N) is 1. The van der Waals surface area contributed by atoms with Crippen LogP contribution in [0.2, 0.25) is 0 Å². The predicted molar refractivity (Wildman–Crippen MR) is 72.4 cm³/mol. The maximum absolute atomic E-state index is 12.1. The van der Waals surface area contributed by atoms with E-state index in [0.29, 0.717) is 6.54 Å². The molecule has 0 heterocycles. The lowest BCUT2D eigenvalue weighted by Crippen LogP contribution is -2.30. The van der Waals surface area contributed by atoms with E-state index < -0.39 is 0 Å². The first-order valence-electron chi connectivity index (χ1n) is 6.87. The summed E-state index contributed by atoms with van der Waals surface area (Å²) in [6, 6.07) is 6.32. The van der Waals surface area contributed by atoms with Crippen molar-refractivity contribution in [3.8, 4) is 0 Å². The molecular weight excluding hydrogens is 224 g/mol. The highest BCUT2D eigenvalue weighted by molar-refractivity contribution is 5.97. The van der Waals surface area contributed by atoms with Gasteiger partial charge in [-0.3, -0.25) is 4.79 Å². The molecule has 1 fully saturated rings. The molecule has 1 aromatic rings. The van der Waals surface area contributed by atoms with Crippen LogP contribution in [0.5, 0.6) is 0 Å². The minimum absolute atomic E-state index is 0.0979. The number of benzene rings is 1. The van der Waals surface area contributed by atoms with Gasteiger partial charge in [0.15, 0.2) is 0 Å². The normalized spacial score (nSPS) is 20.1. The van der Waals surface area contributed by atoms with E-state index in [0.717, 1.165) is 24.9 Å². The molecule has 3 rings (SSSR count). The van der Waals surface area contributed by atoms with Crippen LogP contribution < -0.4 is 11.1 Å². The molecule has 0 bridgehead atoms. The Balaban J connectivity index is 1.75. The molecule has 0 aliphatic heterocycles. The SMILES string of the molecule is NCC1(C(=O)Nc2ccc3c(c2)CCCC3)CC1. The Labute approximate surface area is 108 Å². The first-order chi connectivity index (χ1) is 8.73. The third-order valence-corrected chi connectivity index (χ3v) is 4.33. The molecule has 2 aliphatic carbocycles. The van der Waals surface area contributed by atoms with Gasteiger partial charge in [-0.05, 0) is 61.8 Å². The Hall–Kier alpha value is -1.35. The van der Waals surface area contributed by atoms with Crippen molar-refractivity contribution in [2.45, 2.75) is 38.5 Å². The second kappa shape index (κ2) is 4.39. The number of nitrogens with two attached hydrogens (primary N) is 1. The van der Waals surface area contributed by atoms with E-state index >= 15 is 0 Å². The molecule has 2 aliphatic rings. The van der Waals surface area contributed by atoms with Crippen LogP contribution >= 0.6 is 0 Å². The molecule has 0 unspecified atom stereocenters. The van der Waals surface area contributed by atoms with Crippen LogP contribution in [0.1, 0.15) is 36.8 Å². The summed E-state index contributed by atoms with van der Waals surface area (Å²) < 4.78 is 0. The number of hydrogen-bond donors (Lipinski definition) is 2. The van der Waals surface area contributed by atoms with Gasteiger partial charge in [0.05, 0.1) is 5.41 Å². The fourth-order valence-corrected chi connectivity index (χ4v) is 2.75. The second-order valence-corrected chi connectivity index (χ2v) is 5.63. The molecule has 3 nitrogen and oxygen atoms in total. The standard InChI is InChI=1S/C15H20N2O/c16-10-15(7-8-15)14(18)17-13-6-5-11-3-1-2-4-12(11)9-13/h5-6,9H,1-4,7-8,10,16H2,(H,17,18). The van der Waals surface area contributed by atoms with Crippen molar-refractivity contribution in [3.63, 3.8) is 0 Å². The largest absolute Gasteiger partial charge is 0.329 e. The van der Waals surface area contributed by atoms with Gasteiger partial charge in [-0.25, -0.2) is 0 Å². The lowest BCUT2D eigenvalue weighted by molar-refractivity contribution is -0.120. The average Bonchev–Trinajstić information content (AvgIpc) is 3.19. The molecule has 18 heavy (non-hydrogen) atoms. The van der Waals surface area contributed by atoms with E-state index in [2.05, 4.69) is 17.4 Å². The number of fused-ring (bicyclic) bond motifs is 1. The third kappa shape index (κ3) is 2.03. The summed E-state index contributed by atoms with van der Waals surface area (Å²) in [5, 5.41) is 3.03. The summed E-state index contributed by atoms with van der Waals surface area (Å²) in [6.45, 7) is 0.462. The van der Waals surface area contributed by atoms with E-state index in [1.807, 2.05) is 6.07 Å². The van der Waals surface area contributed by atoms with Gasteiger partial charge in [0.2, 0.25) is 5.91 Å². The van der Waals surface area contributed by atoms with Crippen molar-refractivity contribution >= 4 is 11.6 Å². The van der Waals surface area contributed by atoms with Crippen LogP contribution in [-0.4, -0.2) is 12.5 Å². The fraction of sp³-hybridized carbons (Fsp3) is 0.533. The molecule has 1 saturated carbocycles. The topological polar surface area (TPSA) is 55.1 Å². The summed E-state index contributed by atoms with van der Waals surface area (Å²) in [6.07, 6.45) is 6.73. The number of carbonyl (C=O) groups is 1. The van der Waals surface area contributed by atoms with Crippen molar-refractivity contribution in [2.75, 3.05) is 11.9 Å². The third-order valence-electron chi connectivity index (χ3n) is 4.33. The number of hydrogen-bond acceptors (Lipinski definition) is 2. The Bertz CT molecular complexity index is 477. The average molecular weight is 244 g/mol. The summed E-state index contributed by atoms with van der Waals surface area (Å²) in [4.78, 5) is 12.1. The molecule has 0 saturated heterocycles. The van der Waals surface area contributed by atoms with Crippen LogP contribution in [0.4, 0.5) is 5.69 Å². The fourth-order valence-electron chi connectivity index (χ4n) is 2.75. The molecule has 1 amide bonds. The lowest BCUT2D eigenvalue weighted by atomic mass is 9.91. The number of amides is 1. The van der Waals surface area contributed by atoms with Crippen molar-refractivity contribution in [2.24, 2.45) is 11.1 Å². The van der Waals surface area contributed by atoms with Gasteiger partial charge in [-0.15, -0.1) is 0 Å². The summed E-state index contributed by atoms with van der Waals surface area (Å²) >= 11 is 0. The molecule has 0 radical (unpaired) electrons. The van der Waals surface area contributed by atoms with Gasteiger partial charge in [0.25, 0.3) is 0 Å². The van der Waals surface area contributed by atoms with E-state index in [4.69, 9.17) is 5.73 Å². The summed E-state index contributed by atoms with van der Waals surface area (Å²) in [5.41, 5.74) is 9.18. The maximum Gasteiger partial charge on any atom is 0.231 e. The maximum atomic E-state index is 12.1. The van der Waals surface area contributed by atoms with E-state index in [9.17, 15) is 4.79 Å². The minimum Gasteiger partial charge on any atom is -0.329 e. The van der Waals surface area contributed by atoms with Crippen molar-refractivity contribution in [1.29, 1.82) is 0 Å². The van der Waals surface area contributed by atoms with Crippen molar-refractivity contribution in [1.82, 2.24) is 0 Å². The molecule has 0 atom stereocenters. The first kappa shape index (κ1) is 11.7. The monoisotopic (exact) mass is 244 g/mol. The lowest BCUT2D eigenvalue weighted by Gasteiger charge is -2.18. The van der Waals surface area contributed by atoms with Crippen LogP contribution in [0.25, 0.3) is 0 Å². The van der Waals surface area contributed by atoms with Crippen LogP contribution in [0.3, 0.4) is 0 Å². The zero-order valence-electron chi connectivity index (χ0n) is 10.7. The minimum atomic E-state index is -0.268. The predicted octanol–water partition coefficient (Wildman–Crippen LogP) is 2.24. The van der Waals surface area contributed by atoms with Crippen molar-refractivity contribution in [3.05, 3.63) is 29.3 Å². The highest BCUT2D eigenvalue weighted by atomic mass is 16.2. The number of carbonyl (C=O) groups excluding carboxylic acids is 1. The van der Waals surface area contributed by atoms with E-state index in [1.165, 1.54) is 30.4 Å². The highest BCUT2D eigenvalue weighted by Crippen LogP contribution is 2.45. The summed E-state index contributed by atoms with van der Waals surface area (Å²) in [7, 11) is 0. The number of anilines is 1. The number of aryl methyl sites for hydroxylation is 2. The van der Waals surface area contributed by atoms with Gasteiger partial charge >= 0.3 is 0 Å². The smallest absolute Gasteiger partial charge is 0.231 e. The molecular formula is C15H20N2O. The van der Waals surface area contributed by atoms with Crippen LogP contribution in [0, 0.1) is 5.41 Å². The molecule has 96 valence electrons. The van der Waals surface area contributed by atoms with Gasteiger partial charge in [0, 0.05) is 12.2 Å². The Morgan fingerprint density at radius 1 is 1.22 bits per heavy atom. The van der Waals surface area contributed by atoms with Crippen LogP contribution in [-0.2, 0) is 17.6 Å². The van der Waals surface area contributed by atoms with Crippen molar-refractivity contribution < 1.29 is 4.79 Å². The molecule has 3 N–H and O–H groups in total. The van der Waals surface area contributed by atoms with Crippen LogP contribution in [0.15, 0.2) is 18.2 Å². The zero-order chi connectivity index (χ0) is 12.6. The molecule has 0 aromatic heterocycles. The second-order valence-electron chi connectivity index (χ2n) is 5.63. The van der Waals surface area contributed by atoms with Gasteiger partial charge < -0.3 is 11.1 Å². The number of rotatable bonds is 3. The van der Waals surface area contributed by atoms with E-state index in [1.54, 1.807) is 0 Å². The van der Waals surface area contributed by atoms with Gasteiger partial charge in [0.1, 0.15) is 0 Å². The molecule has 3 heteroatoms. The zero-order valence-corrected chi connectivity index (χ0v) is 10.7. The quantitative estimate of drug-likeness (QED) is 0.856. The van der Waals surface area contributed by atoms with Gasteiger partial charge in [-0.2, -0.15) is 0 Å². The van der Waals surface area contributed by atoms with Gasteiger partial charge in [-0.1, -0.05) is 6.07 Å². The first-order valence-corrected chi connectivity index (χ1v) is 6.87. The molecule has 1 aromatic carbocycles. The highest BCUT2D eigenvalue weighted by Gasteiger charge is 2.48. The summed E-state index contributed by atoms with van der Waals surface area (Å²) in [5.74, 6) is 0.0979. The Morgan fingerprint density at radius 3 is 2.61 bits per heavy atom. The molecule has 0 spiro atoms.